The molecule has 1 aromatic heterocycles. The molecule has 3 rings (SSSR count). The van der Waals surface area contributed by atoms with E-state index in [0.717, 1.165) is 22.0 Å². The molecule has 0 radical (unpaired) electrons. The molecule has 134 valence electrons. The van der Waals surface area contributed by atoms with Crippen molar-refractivity contribution in [2.45, 2.75) is 40.3 Å². The fourth-order valence-electron chi connectivity index (χ4n) is 3.16. The first-order valence-corrected chi connectivity index (χ1v) is 8.86. The summed E-state index contributed by atoms with van der Waals surface area (Å²) in [4.78, 5) is 30.3. The number of amides is 1. The van der Waals surface area contributed by atoms with Crippen LogP contribution >= 0.6 is 0 Å². The summed E-state index contributed by atoms with van der Waals surface area (Å²) in [5, 5.41) is 0.978. The maximum atomic E-state index is 13.0. The van der Waals surface area contributed by atoms with Crippen molar-refractivity contribution in [1.82, 2.24) is 9.88 Å². The molecule has 0 saturated carbocycles. The summed E-state index contributed by atoms with van der Waals surface area (Å²) >= 11 is 0. The van der Waals surface area contributed by atoms with Gasteiger partial charge in [-0.1, -0.05) is 35.9 Å². The van der Waals surface area contributed by atoms with Crippen molar-refractivity contribution in [3.63, 3.8) is 0 Å². The van der Waals surface area contributed by atoms with E-state index >= 15 is 0 Å². The first kappa shape index (κ1) is 17.9. The van der Waals surface area contributed by atoms with Gasteiger partial charge in [0.1, 0.15) is 0 Å². The van der Waals surface area contributed by atoms with Crippen LogP contribution < -0.4 is 5.56 Å². The van der Waals surface area contributed by atoms with E-state index in [9.17, 15) is 9.59 Å². The van der Waals surface area contributed by atoms with Crippen molar-refractivity contribution in [2.75, 3.05) is 0 Å². The maximum Gasteiger partial charge on any atom is 0.254 e. The number of pyridine rings is 1. The van der Waals surface area contributed by atoms with Crippen molar-refractivity contribution in [1.29, 1.82) is 0 Å². The van der Waals surface area contributed by atoms with Crippen molar-refractivity contribution >= 4 is 16.8 Å². The number of hydrogen-bond donors (Lipinski definition) is 1. The van der Waals surface area contributed by atoms with Crippen molar-refractivity contribution in [2.24, 2.45) is 0 Å². The molecule has 0 atom stereocenters. The van der Waals surface area contributed by atoms with Crippen LogP contribution in [0.3, 0.4) is 0 Å². The van der Waals surface area contributed by atoms with Gasteiger partial charge in [-0.15, -0.1) is 0 Å². The molecule has 0 spiro atoms. The molecule has 0 unspecified atom stereocenters. The van der Waals surface area contributed by atoms with E-state index in [0.29, 0.717) is 11.1 Å². The topological polar surface area (TPSA) is 53.2 Å². The molecule has 0 aliphatic rings. The molecule has 3 aromatic rings. The Morgan fingerprint density at radius 3 is 2.50 bits per heavy atom. The summed E-state index contributed by atoms with van der Waals surface area (Å²) in [5.41, 5.74) is 4.02. The van der Waals surface area contributed by atoms with Crippen molar-refractivity contribution in [3.05, 3.63) is 81.1 Å². The number of H-pyrrole nitrogens is 1. The summed E-state index contributed by atoms with van der Waals surface area (Å²) in [6.07, 6.45) is 0. The number of benzene rings is 2. The van der Waals surface area contributed by atoms with Crippen LogP contribution in [-0.2, 0) is 6.54 Å². The van der Waals surface area contributed by atoms with E-state index in [1.54, 1.807) is 4.90 Å². The molecule has 0 saturated heterocycles. The standard InChI is InChI=1S/C22H24N2O2/c1-14(2)24(22(26)18-10-5-7-15(3)11-18)13-19-12-17-9-6-8-16(4)20(17)23-21(19)25/h5-12,14H,13H2,1-4H3,(H,23,25). The normalized spacial score (nSPS) is 11.1. The van der Waals surface area contributed by atoms with Crippen LogP contribution in [0.2, 0.25) is 0 Å². The molecule has 1 N–H and O–H groups in total. The van der Waals surface area contributed by atoms with Gasteiger partial charge < -0.3 is 9.88 Å². The zero-order valence-corrected chi connectivity index (χ0v) is 15.7. The Morgan fingerprint density at radius 2 is 1.81 bits per heavy atom. The first-order chi connectivity index (χ1) is 12.4. The minimum absolute atomic E-state index is 0.0179. The molecule has 0 aliphatic carbocycles. The summed E-state index contributed by atoms with van der Waals surface area (Å²) in [6.45, 7) is 8.15. The smallest absolute Gasteiger partial charge is 0.254 e. The molecule has 1 amide bonds. The summed E-state index contributed by atoms with van der Waals surface area (Å²) in [5.74, 6) is -0.0626. The second-order valence-corrected chi connectivity index (χ2v) is 7.06. The lowest BCUT2D eigenvalue weighted by atomic mass is 10.1. The predicted molar refractivity (Wildman–Crippen MR) is 105 cm³/mol. The number of nitrogens with one attached hydrogen (secondary N) is 1. The van der Waals surface area contributed by atoms with Crippen LogP contribution in [0, 0.1) is 13.8 Å². The number of aryl methyl sites for hydroxylation is 2. The fourth-order valence-corrected chi connectivity index (χ4v) is 3.16. The van der Waals surface area contributed by atoms with Gasteiger partial charge in [0.15, 0.2) is 0 Å². The lowest BCUT2D eigenvalue weighted by Crippen LogP contribution is -2.38. The number of hydrogen-bond acceptors (Lipinski definition) is 2. The predicted octanol–water partition coefficient (Wildman–Crippen LogP) is 4.20. The van der Waals surface area contributed by atoms with Crippen LogP contribution in [0.25, 0.3) is 10.9 Å². The highest BCUT2D eigenvalue weighted by Gasteiger charge is 2.20. The SMILES string of the molecule is Cc1cccc(C(=O)N(Cc2cc3cccc(C)c3[nH]c2=O)C(C)C)c1. The minimum Gasteiger partial charge on any atom is -0.332 e. The van der Waals surface area contributed by atoms with Gasteiger partial charge in [-0.05, 0) is 56.8 Å². The third kappa shape index (κ3) is 3.54. The Hall–Kier alpha value is -2.88. The van der Waals surface area contributed by atoms with E-state index < -0.39 is 0 Å². The highest BCUT2D eigenvalue weighted by atomic mass is 16.2. The number of carbonyl (C=O) groups is 1. The Labute approximate surface area is 153 Å². The number of carbonyl (C=O) groups excluding carboxylic acids is 1. The fraction of sp³-hybridized carbons (Fsp3) is 0.273. The molecule has 0 fully saturated rings. The average Bonchev–Trinajstić information content (AvgIpc) is 2.60. The van der Waals surface area contributed by atoms with E-state index in [1.165, 1.54) is 0 Å². The Balaban J connectivity index is 1.98. The van der Waals surface area contributed by atoms with E-state index in [2.05, 4.69) is 4.98 Å². The molecule has 4 nitrogen and oxygen atoms in total. The van der Waals surface area contributed by atoms with E-state index in [4.69, 9.17) is 0 Å². The number of fused-ring (bicyclic) bond motifs is 1. The highest BCUT2D eigenvalue weighted by molar-refractivity contribution is 5.94. The lowest BCUT2D eigenvalue weighted by molar-refractivity contribution is 0.0689. The van der Waals surface area contributed by atoms with E-state index in [-0.39, 0.29) is 24.1 Å². The van der Waals surface area contributed by atoms with Gasteiger partial charge in [-0.3, -0.25) is 9.59 Å². The number of nitrogens with zero attached hydrogens (tertiary/aromatic N) is 1. The largest absolute Gasteiger partial charge is 0.332 e. The number of aromatic amines is 1. The van der Waals surface area contributed by atoms with Crippen LogP contribution in [0.4, 0.5) is 0 Å². The van der Waals surface area contributed by atoms with Gasteiger partial charge in [0, 0.05) is 17.2 Å². The lowest BCUT2D eigenvalue weighted by Gasteiger charge is -2.27. The van der Waals surface area contributed by atoms with E-state index in [1.807, 2.05) is 76.2 Å². The van der Waals surface area contributed by atoms with Crippen LogP contribution in [-0.4, -0.2) is 21.8 Å². The second-order valence-electron chi connectivity index (χ2n) is 7.06. The molecule has 1 heterocycles. The quantitative estimate of drug-likeness (QED) is 0.768. The van der Waals surface area contributed by atoms with Gasteiger partial charge in [0.05, 0.1) is 12.1 Å². The third-order valence-corrected chi connectivity index (χ3v) is 4.65. The Kier molecular flexibility index (Phi) is 4.94. The maximum absolute atomic E-state index is 13.0. The Morgan fingerprint density at radius 1 is 1.08 bits per heavy atom. The van der Waals surface area contributed by atoms with Crippen molar-refractivity contribution < 1.29 is 4.79 Å². The average molecular weight is 348 g/mol. The monoisotopic (exact) mass is 348 g/mol. The second kappa shape index (κ2) is 7.16. The molecular weight excluding hydrogens is 324 g/mol. The van der Waals surface area contributed by atoms with Crippen LogP contribution in [0.15, 0.2) is 53.3 Å². The van der Waals surface area contributed by atoms with Gasteiger partial charge in [0.25, 0.3) is 11.5 Å². The van der Waals surface area contributed by atoms with Crippen LogP contribution in [0.5, 0.6) is 0 Å². The number of para-hydroxylation sites is 1. The van der Waals surface area contributed by atoms with Crippen molar-refractivity contribution in [3.8, 4) is 0 Å². The summed E-state index contributed by atoms with van der Waals surface area (Å²) < 4.78 is 0. The summed E-state index contributed by atoms with van der Waals surface area (Å²) in [7, 11) is 0. The van der Waals surface area contributed by atoms with Gasteiger partial charge in [-0.2, -0.15) is 0 Å². The minimum atomic E-state index is -0.144. The molecular formula is C22H24N2O2. The molecule has 0 aliphatic heterocycles. The summed E-state index contributed by atoms with van der Waals surface area (Å²) in [6, 6.07) is 15.3. The van der Waals surface area contributed by atoms with Gasteiger partial charge >= 0.3 is 0 Å². The third-order valence-electron chi connectivity index (χ3n) is 4.65. The molecule has 4 heteroatoms. The molecule has 0 bridgehead atoms. The molecule has 26 heavy (non-hydrogen) atoms. The molecule has 2 aromatic carbocycles. The zero-order valence-electron chi connectivity index (χ0n) is 15.7. The van der Waals surface area contributed by atoms with Crippen LogP contribution in [0.1, 0.15) is 40.9 Å². The Bertz CT molecular complexity index is 1020. The van der Waals surface area contributed by atoms with Gasteiger partial charge in [0.2, 0.25) is 0 Å². The zero-order chi connectivity index (χ0) is 18.8. The first-order valence-electron chi connectivity index (χ1n) is 8.86. The number of rotatable bonds is 4. The highest BCUT2D eigenvalue weighted by Crippen LogP contribution is 2.18. The van der Waals surface area contributed by atoms with Gasteiger partial charge in [-0.25, -0.2) is 0 Å². The number of aromatic nitrogens is 1.